The van der Waals surface area contributed by atoms with E-state index < -0.39 is 0 Å². The van der Waals surface area contributed by atoms with Gasteiger partial charge in [-0.3, -0.25) is 0 Å². The van der Waals surface area contributed by atoms with Gasteiger partial charge in [-0.05, 0) is 118 Å². The second-order valence-corrected chi connectivity index (χ2v) is 12.4. The normalized spacial score (nSPS) is 13.7. The molecule has 0 aliphatic carbocycles. The summed E-state index contributed by atoms with van der Waals surface area (Å²) in [6.07, 6.45) is 20.0. The Morgan fingerprint density at radius 1 is 0.463 bits per heavy atom. The summed E-state index contributed by atoms with van der Waals surface area (Å²) in [5.74, 6) is 0. The predicted molar refractivity (Wildman–Crippen MR) is 179 cm³/mol. The van der Waals surface area contributed by atoms with Gasteiger partial charge >= 0.3 is 0 Å². The number of hydrogen-bond donors (Lipinski definition) is 0. The fourth-order valence-corrected chi connectivity index (χ4v) is 6.31. The van der Waals surface area contributed by atoms with E-state index in [0.29, 0.717) is 0 Å². The Labute approximate surface area is 252 Å². The van der Waals surface area contributed by atoms with Crippen LogP contribution in [0.5, 0.6) is 0 Å². The van der Waals surface area contributed by atoms with Gasteiger partial charge in [-0.25, -0.2) is 4.70 Å². The molecule has 0 saturated heterocycles. The second kappa shape index (κ2) is 17.5. The maximum absolute atomic E-state index is 12.1. The third-order valence-corrected chi connectivity index (χ3v) is 8.73. The molecule has 1 aliphatic heterocycles. The zero-order valence-electron chi connectivity index (χ0n) is 27.4. The Balaban J connectivity index is 2.09. The van der Waals surface area contributed by atoms with Gasteiger partial charge in [0.2, 0.25) is 11.4 Å². The highest BCUT2D eigenvalue weighted by Gasteiger charge is 2.34. The second-order valence-electron chi connectivity index (χ2n) is 12.4. The number of aryl methyl sites for hydroxylation is 4. The molecule has 0 aromatic heterocycles. The maximum Gasteiger partial charge on any atom is 0.211 e. The summed E-state index contributed by atoms with van der Waals surface area (Å²) >= 11 is 0. The SMILES string of the molecule is CCCCCc1cc(CCCC)cc(C2=C(C)C(CCCC)=C(c3cc(CCCC)cc(CCCCC)c3)[N+]2=[N-])c1. The lowest BCUT2D eigenvalue weighted by atomic mass is 9.93. The molecule has 0 saturated carbocycles. The molecule has 0 N–H and O–H groups in total. The van der Waals surface area contributed by atoms with E-state index in [9.17, 15) is 5.53 Å². The molecule has 41 heavy (non-hydrogen) atoms. The average Bonchev–Trinajstić information content (AvgIpc) is 3.22. The number of unbranched alkanes of at least 4 members (excludes halogenated alkanes) is 7. The molecule has 0 amide bonds. The predicted octanol–water partition coefficient (Wildman–Crippen LogP) is 12.2. The van der Waals surface area contributed by atoms with Gasteiger partial charge in [-0.1, -0.05) is 91.7 Å². The Bertz CT molecular complexity index is 1200. The molecule has 2 aromatic carbocycles. The van der Waals surface area contributed by atoms with Crippen molar-refractivity contribution in [1.82, 2.24) is 0 Å². The molecular formula is C39H58N2. The minimum absolute atomic E-state index is 0.993. The highest BCUT2D eigenvalue weighted by molar-refractivity contribution is 5.82. The third-order valence-electron chi connectivity index (χ3n) is 8.73. The molecular weight excluding hydrogens is 496 g/mol. The van der Waals surface area contributed by atoms with Gasteiger partial charge in [0.05, 0.1) is 0 Å². The Morgan fingerprint density at radius 3 is 1.24 bits per heavy atom. The quantitative estimate of drug-likeness (QED) is 0.122. The summed E-state index contributed by atoms with van der Waals surface area (Å²) < 4.78 is 1.57. The molecule has 1 aliphatic rings. The van der Waals surface area contributed by atoms with E-state index in [-0.39, 0.29) is 0 Å². The van der Waals surface area contributed by atoms with Gasteiger partial charge in [0.1, 0.15) is 0 Å². The molecule has 2 heteroatoms. The minimum atomic E-state index is 0.993. The first-order valence-corrected chi connectivity index (χ1v) is 17.2. The van der Waals surface area contributed by atoms with E-state index in [2.05, 4.69) is 77.9 Å². The molecule has 0 radical (unpaired) electrons. The molecule has 1 heterocycles. The third kappa shape index (κ3) is 9.25. The Hall–Kier alpha value is -2.48. The minimum Gasteiger partial charge on any atom is -0.493 e. The van der Waals surface area contributed by atoms with Gasteiger partial charge in [0.25, 0.3) is 0 Å². The molecule has 0 spiro atoms. The van der Waals surface area contributed by atoms with Crippen LogP contribution in [0.1, 0.15) is 158 Å². The van der Waals surface area contributed by atoms with Crippen LogP contribution in [-0.4, -0.2) is 4.70 Å². The summed E-state index contributed by atoms with van der Waals surface area (Å²) in [7, 11) is 0. The molecule has 3 rings (SSSR count). The van der Waals surface area contributed by atoms with Crippen LogP contribution in [0.4, 0.5) is 0 Å². The van der Waals surface area contributed by atoms with Crippen molar-refractivity contribution in [2.75, 3.05) is 0 Å². The number of rotatable bonds is 19. The van der Waals surface area contributed by atoms with E-state index in [1.807, 2.05) is 0 Å². The Morgan fingerprint density at radius 2 is 0.829 bits per heavy atom. The van der Waals surface area contributed by atoms with Crippen molar-refractivity contribution >= 4 is 11.4 Å². The maximum atomic E-state index is 12.1. The molecule has 0 fully saturated rings. The highest BCUT2D eigenvalue weighted by Crippen LogP contribution is 2.43. The van der Waals surface area contributed by atoms with Crippen molar-refractivity contribution in [3.63, 3.8) is 0 Å². The Kier molecular flexibility index (Phi) is 14.1. The van der Waals surface area contributed by atoms with Crippen molar-refractivity contribution in [2.45, 2.75) is 151 Å². The van der Waals surface area contributed by atoms with Gasteiger partial charge in [-0.2, -0.15) is 0 Å². The van der Waals surface area contributed by atoms with Crippen LogP contribution in [0.3, 0.4) is 0 Å². The van der Waals surface area contributed by atoms with E-state index in [1.165, 1.54) is 109 Å². The van der Waals surface area contributed by atoms with Crippen LogP contribution >= 0.6 is 0 Å². The van der Waals surface area contributed by atoms with Crippen LogP contribution in [-0.2, 0) is 25.7 Å². The lowest BCUT2D eigenvalue weighted by Crippen LogP contribution is -2.05. The van der Waals surface area contributed by atoms with Crippen LogP contribution in [0, 0.1) is 0 Å². The fraction of sp³-hybridized carbons (Fsp3) is 0.590. The van der Waals surface area contributed by atoms with E-state index in [1.54, 1.807) is 4.70 Å². The lowest BCUT2D eigenvalue weighted by molar-refractivity contribution is -0.345. The zero-order chi connectivity index (χ0) is 29.6. The summed E-state index contributed by atoms with van der Waals surface area (Å²) in [5, 5.41) is 0. The van der Waals surface area contributed by atoms with Crippen LogP contribution in [0.25, 0.3) is 16.9 Å². The molecule has 0 atom stereocenters. The van der Waals surface area contributed by atoms with Crippen LogP contribution < -0.4 is 0 Å². The summed E-state index contributed by atoms with van der Waals surface area (Å²) in [6, 6.07) is 14.3. The van der Waals surface area contributed by atoms with Crippen molar-refractivity contribution in [2.24, 2.45) is 0 Å². The molecule has 2 aromatic rings. The molecule has 224 valence electrons. The van der Waals surface area contributed by atoms with E-state index >= 15 is 0 Å². The van der Waals surface area contributed by atoms with E-state index in [4.69, 9.17) is 0 Å². The zero-order valence-corrected chi connectivity index (χ0v) is 27.4. The van der Waals surface area contributed by atoms with Crippen molar-refractivity contribution < 1.29 is 4.70 Å². The monoisotopic (exact) mass is 554 g/mol. The molecule has 0 bridgehead atoms. The van der Waals surface area contributed by atoms with Crippen LogP contribution in [0.15, 0.2) is 47.5 Å². The van der Waals surface area contributed by atoms with Gasteiger partial charge in [-0.15, -0.1) is 0 Å². The van der Waals surface area contributed by atoms with E-state index in [0.717, 1.165) is 56.3 Å². The van der Waals surface area contributed by atoms with Crippen molar-refractivity contribution in [3.05, 3.63) is 86.5 Å². The first-order chi connectivity index (χ1) is 20.0. The van der Waals surface area contributed by atoms with Crippen molar-refractivity contribution in [1.29, 1.82) is 0 Å². The molecule has 0 unspecified atom stereocenters. The first-order valence-electron chi connectivity index (χ1n) is 17.2. The highest BCUT2D eigenvalue weighted by atomic mass is 15.2. The molecule has 2 nitrogen and oxygen atoms in total. The first kappa shape index (κ1) is 33.0. The fourth-order valence-electron chi connectivity index (χ4n) is 6.31. The smallest absolute Gasteiger partial charge is 0.211 e. The number of nitrogens with zero attached hydrogens (tertiary/aromatic N) is 2. The largest absolute Gasteiger partial charge is 0.493 e. The summed E-state index contributed by atoms with van der Waals surface area (Å²) in [6.45, 7) is 13.6. The van der Waals surface area contributed by atoms with Gasteiger partial charge < -0.3 is 5.53 Å². The number of benzene rings is 2. The lowest BCUT2D eigenvalue weighted by Gasteiger charge is -2.14. The summed E-state index contributed by atoms with van der Waals surface area (Å²) in [5.41, 5.74) is 24.7. The number of hydrogen-bond acceptors (Lipinski definition) is 0. The summed E-state index contributed by atoms with van der Waals surface area (Å²) in [4.78, 5) is 0. The van der Waals surface area contributed by atoms with Gasteiger partial charge in [0.15, 0.2) is 0 Å². The topological polar surface area (TPSA) is 25.3 Å². The van der Waals surface area contributed by atoms with Gasteiger partial charge in [0, 0.05) is 22.3 Å². The van der Waals surface area contributed by atoms with Crippen molar-refractivity contribution in [3.8, 4) is 0 Å². The van der Waals surface area contributed by atoms with Crippen LogP contribution in [0.2, 0.25) is 0 Å². The number of allylic oxidation sites excluding steroid dienone is 2. The average molecular weight is 555 g/mol. The standard InChI is InChI=1S/C39H58N2/c1-7-12-17-21-33-24-31(19-14-9-3)26-35(27-33)38-30(6)37(23-16-11-5)39(41(38)40)36-28-32(20-15-10-4)25-34(29-36)22-18-13-8-2/h24-29H,7-23H2,1-6H3.